The standard InChI is InChI=1S/C22H22FIN2O4/c1-3-22(30,11-21(28)29)14-8-19(26-20(27)9-14)18-7-13(4-5-24)15-6-12(2)16(23)10-17(15)25-18/h6-10,30H,3-5,11H2,1-2H3,(H,26,27)(H,28,29)/t22-/m1/s1. The number of halogens is 2. The van der Waals surface area contributed by atoms with Crippen LogP contribution in [0.4, 0.5) is 4.39 Å². The molecule has 0 aliphatic rings. The van der Waals surface area contributed by atoms with Crippen LogP contribution in [0.5, 0.6) is 0 Å². The van der Waals surface area contributed by atoms with Crippen LogP contribution in [0.3, 0.4) is 0 Å². The zero-order valence-electron chi connectivity index (χ0n) is 16.6. The van der Waals surface area contributed by atoms with Crippen LogP contribution in [0.15, 0.2) is 35.1 Å². The van der Waals surface area contributed by atoms with E-state index < -0.39 is 23.6 Å². The van der Waals surface area contributed by atoms with E-state index in [0.717, 1.165) is 21.8 Å². The first-order chi connectivity index (χ1) is 14.2. The van der Waals surface area contributed by atoms with Crippen LogP contribution in [-0.2, 0) is 16.8 Å². The zero-order chi connectivity index (χ0) is 22.1. The fourth-order valence-corrected chi connectivity index (χ4v) is 4.08. The quantitative estimate of drug-likeness (QED) is 0.319. The van der Waals surface area contributed by atoms with Crippen LogP contribution in [0, 0.1) is 12.7 Å². The summed E-state index contributed by atoms with van der Waals surface area (Å²) in [5.41, 5.74) is 0.785. The summed E-state index contributed by atoms with van der Waals surface area (Å²) in [6, 6.07) is 7.73. The van der Waals surface area contributed by atoms with Crippen molar-refractivity contribution in [1.82, 2.24) is 9.97 Å². The third kappa shape index (κ3) is 4.54. The average molecular weight is 524 g/mol. The first-order valence-electron chi connectivity index (χ1n) is 9.52. The van der Waals surface area contributed by atoms with Crippen molar-refractivity contribution in [2.75, 3.05) is 4.43 Å². The molecule has 0 fully saturated rings. The van der Waals surface area contributed by atoms with E-state index in [-0.39, 0.29) is 17.8 Å². The van der Waals surface area contributed by atoms with Crippen molar-refractivity contribution in [2.45, 2.75) is 38.7 Å². The average Bonchev–Trinajstić information content (AvgIpc) is 2.68. The van der Waals surface area contributed by atoms with Gasteiger partial charge >= 0.3 is 5.97 Å². The lowest BCUT2D eigenvalue weighted by Crippen LogP contribution is -2.30. The van der Waals surface area contributed by atoms with Gasteiger partial charge in [-0.3, -0.25) is 9.59 Å². The maximum atomic E-state index is 14.2. The third-order valence-corrected chi connectivity index (χ3v) is 5.76. The number of hydrogen-bond acceptors (Lipinski definition) is 4. The molecular formula is C22H22FIN2O4. The highest BCUT2D eigenvalue weighted by Crippen LogP contribution is 2.31. The predicted molar refractivity (Wildman–Crippen MR) is 122 cm³/mol. The Labute approximate surface area is 186 Å². The highest BCUT2D eigenvalue weighted by molar-refractivity contribution is 14.1. The molecule has 6 nitrogen and oxygen atoms in total. The molecule has 0 amide bonds. The minimum absolute atomic E-state index is 0.123. The third-order valence-electron chi connectivity index (χ3n) is 5.22. The van der Waals surface area contributed by atoms with Crippen molar-refractivity contribution in [3.05, 3.63) is 63.2 Å². The Morgan fingerprint density at radius 3 is 2.63 bits per heavy atom. The lowest BCUT2D eigenvalue weighted by Gasteiger charge is -2.25. The normalized spacial score (nSPS) is 13.4. The number of hydrogen-bond donors (Lipinski definition) is 3. The van der Waals surface area contributed by atoms with Crippen molar-refractivity contribution in [3.63, 3.8) is 0 Å². The fourth-order valence-electron chi connectivity index (χ4n) is 3.50. The summed E-state index contributed by atoms with van der Waals surface area (Å²) in [7, 11) is 0. The topological polar surface area (TPSA) is 103 Å². The van der Waals surface area contributed by atoms with Gasteiger partial charge in [0.2, 0.25) is 5.56 Å². The lowest BCUT2D eigenvalue weighted by molar-refractivity contribution is -0.143. The van der Waals surface area contributed by atoms with Gasteiger partial charge in [0.25, 0.3) is 0 Å². The second kappa shape index (κ2) is 8.81. The number of rotatable bonds is 7. The fraction of sp³-hybridized carbons (Fsp3) is 0.318. The van der Waals surface area contributed by atoms with Gasteiger partial charge in [0.15, 0.2) is 0 Å². The van der Waals surface area contributed by atoms with Crippen LogP contribution < -0.4 is 5.56 Å². The van der Waals surface area contributed by atoms with Gasteiger partial charge in [0.1, 0.15) is 11.4 Å². The smallest absolute Gasteiger partial charge is 0.306 e. The van der Waals surface area contributed by atoms with E-state index in [1.165, 1.54) is 12.1 Å². The van der Waals surface area contributed by atoms with Crippen molar-refractivity contribution in [2.24, 2.45) is 0 Å². The van der Waals surface area contributed by atoms with Gasteiger partial charge in [0.05, 0.1) is 23.3 Å². The van der Waals surface area contributed by atoms with Crippen LogP contribution >= 0.6 is 22.6 Å². The number of benzene rings is 1. The molecule has 0 spiro atoms. The molecule has 30 heavy (non-hydrogen) atoms. The van der Waals surface area contributed by atoms with Gasteiger partial charge in [-0.1, -0.05) is 29.5 Å². The number of carbonyl (C=O) groups is 1. The van der Waals surface area contributed by atoms with E-state index in [0.29, 0.717) is 22.5 Å². The van der Waals surface area contributed by atoms with Crippen LogP contribution in [0.25, 0.3) is 22.3 Å². The first-order valence-corrected chi connectivity index (χ1v) is 11.0. The number of aliphatic hydroxyl groups is 1. The summed E-state index contributed by atoms with van der Waals surface area (Å²) in [5, 5.41) is 20.8. The van der Waals surface area contributed by atoms with E-state index in [9.17, 15) is 19.1 Å². The maximum absolute atomic E-state index is 14.2. The van der Waals surface area contributed by atoms with Crippen LogP contribution in [-0.4, -0.2) is 30.6 Å². The number of fused-ring (bicyclic) bond motifs is 1. The van der Waals surface area contributed by atoms with Crippen LogP contribution in [0.2, 0.25) is 0 Å². The van der Waals surface area contributed by atoms with Crippen molar-refractivity contribution >= 4 is 39.5 Å². The number of nitrogens with zero attached hydrogens (tertiary/aromatic N) is 1. The summed E-state index contributed by atoms with van der Waals surface area (Å²) < 4.78 is 15.0. The largest absolute Gasteiger partial charge is 0.481 e. The van der Waals surface area contributed by atoms with Gasteiger partial charge in [-0.25, -0.2) is 9.37 Å². The van der Waals surface area contributed by atoms with Gasteiger partial charge in [-0.05, 0) is 54.7 Å². The Balaban J connectivity index is 2.22. The Morgan fingerprint density at radius 1 is 1.27 bits per heavy atom. The Bertz CT molecular complexity index is 1180. The molecule has 0 saturated carbocycles. The molecule has 1 aromatic carbocycles. The molecule has 0 radical (unpaired) electrons. The Kier molecular flexibility index (Phi) is 6.56. The molecule has 0 aliphatic carbocycles. The van der Waals surface area contributed by atoms with Crippen molar-refractivity contribution in [1.29, 1.82) is 0 Å². The monoisotopic (exact) mass is 524 g/mol. The van der Waals surface area contributed by atoms with E-state index in [1.807, 2.05) is 6.07 Å². The zero-order valence-corrected chi connectivity index (χ0v) is 18.8. The second-order valence-corrected chi connectivity index (χ2v) is 8.41. The second-order valence-electron chi connectivity index (χ2n) is 7.33. The summed E-state index contributed by atoms with van der Waals surface area (Å²) in [6.07, 6.45) is 0.333. The molecule has 158 valence electrons. The minimum Gasteiger partial charge on any atom is -0.481 e. The molecule has 3 aromatic rings. The molecule has 1 atom stereocenters. The molecular weight excluding hydrogens is 502 g/mol. The van der Waals surface area contributed by atoms with Gasteiger partial charge in [-0.2, -0.15) is 0 Å². The summed E-state index contributed by atoms with van der Waals surface area (Å²) in [6.45, 7) is 3.35. The molecule has 3 N–H and O–H groups in total. The van der Waals surface area contributed by atoms with Crippen molar-refractivity contribution < 1.29 is 19.4 Å². The summed E-state index contributed by atoms with van der Waals surface area (Å²) in [5.74, 6) is -1.53. The molecule has 3 rings (SSSR count). The number of H-pyrrole nitrogens is 1. The first kappa shape index (κ1) is 22.4. The maximum Gasteiger partial charge on any atom is 0.306 e. The molecule has 0 aliphatic heterocycles. The number of nitrogens with one attached hydrogen (secondary N) is 1. The van der Waals surface area contributed by atoms with Gasteiger partial charge in [-0.15, -0.1) is 0 Å². The van der Waals surface area contributed by atoms with Crippen molar-refractivity contribution in [3.8, 4) is 11.4 Å². The molecule has 0 unspecified atom stereocenters. The van der Waals surface area contributed by atoms with E-state index in [2.05, 4.69) is 32.6 Å². The highest BCUT2D eigenvalue weighted by Gasteiger charge is 2.31. The summed E-state index contributed by atoms with van der Waals surface area (Å²) in [4.78, 5) is 30.7. The Hall–Kier alpha value is -2.33. The number of carboxylic acids is 1. The van der Waals surface area contributed by atoms with Crippen LogP contribution in [0.1, 0.15) is 36.5 Å². The number of aliphatic carboxylic acids is 1. The molecule has 2 aromatic heterocycles. The lowest BCUT2D eigenvalue weighted by atomic mass is 9.88. The van der Waals surface area contributed by atoms with Gasteiger partial charge < -0.3 is 15.2 Å². The number of aromatic amines is 1. The van der Waals surface area contributed by atoms with E-state index >= 15 is 0 Å². The summed E-state index contributed by atoms with van der Waals surface area (Å²) >= 11 is 2.26. The number of aromatic nitrogens is 2. The molecule has 2 heterocycles. The predicted octanol–water partition coefficient (Wildman–Crippen LogP) is 4.09. The SMILES string of the molecule is CC[C@@](O)(CC(=O)O)c1cc(-c2cc(CCI)c3cc(C)c(F)cc3n2)[nH]c(=O)c1. The number of alkyl halides is 1. The van der Waals surface area contributed by atoms with E-state index in [4.69, 9.17) is 5.11 Å². The van der Waals surface area contributed by atoms with Gasteiger partial charge in [0, 0.05) is 21.9 Å². The number of aryl methyl sites for hydroxylation is 2. The molecule has 0 bridgehead atoms. The van der Waals surface area contributed by atoms with E-state index in [1.54, 1.807) is 26.0 Å². The molecule has 0 saturated heterocycles. The highest BCUT2D eigenvalue weighted by atomic mass is 127. The minimum atomic E-state index is -1.68. The number of pyridine rings is 2. The molecule has 8 heteroatoms. The Morgan fingerprint density at radius 2 is 2.00 bits per heavy atom. The number of carboxylic acid groups (broad SMARTS) is 1.